The normalized spacial score (nSPS) is 12.6. The van der Waals surface area contributed by atoms with Crippen LogP contribution in [0.3, 0.4) is 0 Å². The van der Waals surface area contributed by atoms with Gasteiger partial charge in [-0.05, 0) is 43.0 Å². The number of amides is 2. The van der Waals surface area contributed by atoms with E-state index in [1.54, 1.807) is 4.90 Å². The third-order valence-corrected chi connectivity index (χ3v) is 7.48. The summed E-state index contributed by atoms with van der Waals surface area (Å²) < 4.78 is 0. The van der Waals surface area contributed by atoms with Crippen molar-refractivity contribution in [2.24, 2.45) is 0 Å². The van der Waals surface area contributed by atoms with Crippen LogP contribution in [0.25, 0.3) is 0 Å². The monoisotopic (exact) mass is 522 g/mol. The molecule has 0 unspecified atom stereocenters. The number of nitrogens with zero attached hydrogens (tertiary/aromatic N) is 1. The first-order valence-corrected chi connectivity index (χ1v) is 13.9. The number of hydrogen-bond donors (Lipinski definition) is 1. The highest BCUT2D eigenvalue weighted by Crippen LogP contribution is 2.22. The molecule has 0 bridgehead atoms. The number of nitrogens with one attached hydrogen (secondary N) is 1. The molecule has 0 aliphatic heterocycles. The Morgan fingerprint density at radius 3 is 2.36 bits per heavy atom. The van der Waals surface area contributed by atoms with Crippen molar-refractivity contribution in [3.63, 3.8) is 0 Å². The molecule has 0 spiro atoms. The summed E-state index contributed by atoms with van der Waals surface area (Å²) in [5.74, 6) is 0.713. The lowest BCUT2D eigenvalue weighted by atomic mass is 10.0. The van der Waals surface area contributed by atoms with Crippen LogP contribution in [0.5, 0.6) is 0 Å². The Morgan fingerprint density at radius 2 is 1.67 bits per heavy atom. The first kappa shape index (κ1) is 27.8. The minimum Gasteiger partial charge on any atom is -0.352 e. The van der Waals surface area contributed by atoms with Gasteiger partial charge >= 0.3 is 0 Å². The molecule has 190 valence electrons. The Hall–Kier alpha value is -2.76. The molecular weight excluding hydrogens is 488 g/mol. The third kappa shape index (κ3) is 8.42. The van der Waals surface area contributed by atoms with Crippen LogP contribution < -0.4 is 5.32 Å². The van der Waals surface area contributed by atoms with Gasteiger partial charge in [0.2, 0.25) is 11.8 Å². The van der Waals surface area contributed by atoms with Crippen molar-refractivity contribution in [3.8, 4) is 0 Å². The van der Waals surface area contributed by atoms with Crippen molar-refractivity contribution in [3.05, 3.63) is 106 Å². The Labute approximate surface area is 224 Å². The number of halogens is 1. The average molecular weight is 523 g/mol. The van der Waals surface area contributed by atoms with Gasteiger partial charge in [0.05, 0.1) is 5.75 Å². The zero-order chi connectivity index (χ0) is 25.9. The molecule has 0 saturated heterocycles. The number of thioether (sulfide) groups is 1. The largest absolute Gasteiger partial charge is 0.352 e. The molecule has 0 saturated carbocycles. The van der Waals surface area contributed by atoms with E-state index in [4.69, 9.17) is 11.6 Å². The summed E-state index contributed by atoms with van der Waals surface area (Å²) in [5, 5.41) is 3.81. The SMILES string of the molecule is CC[C@@H](C)NC(=O)[C@H](Cc1ccccc1)N(Cc1cccc(C)c1)C(=O)CSCc1ccccc1Cl. The zero-order valence-electron chi connectivity index (χ0n) is 21.2. The van der Waals surface area contributed by atoms with E-state index in [2.05, 4.69) is 11.4 Å². The standard InChI is InChI=1S/C30H35ClN2O2S/c1-4-23(3)32-30(35)28(18-24-12-6-5-7-13-24)33(19-25-14-10-11-22(2)17-25)29(34)21-36-20-26-15-8-9-16-27(26)31/h5-17,23,28H,4,18-21H2,1-3H3,(H,32,35)/t23-,28+/m1/s1. The van der Waals surface area contributed by atoms with Gasteiger partial charge in [-0.25, -0.2) is 0 Å². The fourth-order valence-corrected chi connectivity index (χ4v) is 5.14. The van der Waals surface area contributed by atoms with E-state index < -0.39 is 6.04 Å². The van der Waals surface area contributed by atoms with Crippen LogP contribution in [-0.4, -0.2) is 34.6 Å². The van der Waals surface area contributed by atoms with Gasteiger partial charge in [0.1, 0.15) is 6.04 Å². The van der Waals surface area contributed by atoms with E-state index >= 15 is 0 Å². The average Bonchev–Trinajstić information content (AvgIpc) is 2.87. The molecular formula is C30H35ClN2O2S. The number of benzene rings is 3. The fraction of sp³-hybridized carbons (Fsp3) is 0.333. The second kappa shape index (κ2) is 14.1. The molecule has 3 aromatic carbocycles. The van der Waals surface area contributed by atoms with Crippen LogP contribution in [0, 0.1) is 6.92 Å². The molecule has 0 aliphatic carbocycles. The summed E-state index contributed by atoms with van der Waals surface area (Å²) in [6.45, 7) is 6.44. The van der Waals surface area contributed by atoms with Gasteiger partial charge in [-0.3, -0.25) is 9.59 Å². The number of aryl methyl sites for hydroxylation is 1. The summed E-state index contributed by atoms with van der Waals surface area (Å²) >= 11 is 7.82. The lowest BCUT2D eigenvalue weighted by Crippen LogP contribution is -2.52. The summed E-state index contributed by atoms with van der Waals surface area (Å²) in [4.78, 5) is 29.0. The van der Waals surface area contributed by atoms with Crippen LogP contribution >= 0.6 is 23.4 Å². The van der Waals surface area contributed by atoms with E-state index in [9.17, 15) is 9.59 Å². The molecule has 2 amide bonds. The van der Waals surface area contributed by atoms with Gasteiger partial charge in [0.25, 0.3) is 0 Å². The molecule has 3 rings (SSSR count). The van der Waals surface area contributed by atoms with Gasteiger partial charge in [0.15, 0.2) is 0 Å². The minimum absolute atomic E-state index is 0.0290. The predicted octanol–water partition coefficient (Wildman–Crippen LogP) is 6.44. The molecule has 0 aliphatic rings. The molecule has 4 nitrogen and oxygen atoms in total. The van der Waals surface area contributed by atoms with Crippen LogP contribution in [0.4, 0.5) is 0 Å². The molecule has 0 aromatic heterocycles. The summed E-state index contributed by atoms with van der Waals surface area (Å²) in [5.41, 5.74) is 4.15. The molecule has 6 heteroatoms. The van der Waals surface area contributed by atoms with E-state index in [0.29, 0.717) is 23.7 Å². The summed E-state index contributed by atoms with van der Waals surface area (Å²) in [7, 11) is 0. The molecule has 2 atom stereocenters. The van der Waals surface area contributed by atoms with Crippen LogP contribution in [0.15, 0.2) is 78.9 Å². The van der Waals surface area contributed by atoms with E-state index in [-0.39, 0.29) is 23.6 Å². The van der Waals surface area contributed by atoms with Crippen molar-refractivity contribution in [1.29, 1.82) is 0 Å². The van der Waals surface area contributed by atoms with Gasteiger partial charge in [-0.15, -0.1) is 11.8 Å². The van der Waals surface area contributed by atoms with Crippen molar-refractivity contribution < 1.29 is 9.59 Å². The molecule has 0 radical (unpaired) electrons. The Balaban J connectivity index is 1.86. The first-order valence-electron chi connectivity index (χ1n) is 12.4. The van der Waals surface area contributed by atoms with Gasteiger partial charge < -0.3 is 10.2 Å². The number of rotatable bonds is 12. The lowest BCUT2D eigenvalue weighted by Gasteiger charge is -2.32. The maximum absolute atomic E-state index is 13.7. The first-order chi connectivity index (χ1) is 17.4. The van der Waals surface area contributed by atoms with Crippen molar-refractivity contribution in [2.75, 3.05) is 5.75 Å². The lowest BCUT2D eigenvalue weighted by molar-refractivity contribution is -0.139. The zero-order valence-corrected chi connectivity index (χ0v) is 22.8. The van der Waals surface area contributed by atoms with E-state index in [1.165, 1.54) is 11.8 Å². The van der Waals surface area contributed by atoms with Gasteiger partial charge in [0, 0.05) is 29.8 Å². The highest BCUT2D eigenvalue weighted by Gasteiger charge is 2.30. The van der Waals surface area contributed by atoms with Crippen molar-refractivity contribution >= 4 is 35.2 Å². The highest BCUT2D eigenvalue weighted by molar-refractivity contribution is 7.99. The Kier molecular flexibility index (Phi) is 10.9. The Bertz CT molecular complexity index is 1140. The van der Waals surface area contributed by atoms with E-state index in [1.807, 2.05) is 93.6 Å². The number of carbonyl (C=O) groups excluding carboxylic acids is 2. The van der Waals surface area contributed by atoms with Crippen LogP contribution in [-0.2, 0) is 28.3 Å². The van der Waals surface area contributed by atoms with Crippen LogP contribution in [0.2, 0.25) is 5.02 Å². The summed E-state index contributed by atoms with van der Waals surface area (Å²) in [6.07, 6.45) is 1.28. The quantitative estimate of drug-likeness (QED) is 0.298. The fourth-order valence-electron chi connectivity index (χ4n) is 3.95. The Morgan fingerprint density at radius 1 is 0.972 bits per heavy atom. The van der Waals surface area contributed by atoms with Crippen LogP contribution in [0.1, 0.15) is 42.5 Å². The topological polar surface area (TPSA) is 49.4 Å². The molecule has 1 N–H and O–H groups in total. The molecule has 0 fully saturated rings. The third-order valence-electron chi connectivity index (χ3n) is 6.15. The molecule has 36 heavy (non-hydrogen) atoms. The smallest absolute Gasteiger partial charge is 0.243 e. The number of carbonyl (C=O) groups is 2. The maximum Gasteiger partial charge on any atom is 0.243 e. The summed E-state index contributed by atoms with van der Waals surface area (Å²) in [6, 6.07) is 25.1. The highest BCUT2D eigenvalue weighted by atomic mass is 35.5. The predicted molar refractivity (Wildman–Crippen MR) is 151 cm³/mol. The van der Waals surface area contributed by atoms with Crippen molar-refractivity contribution in [2.45, 2.75) is 58.0 Å². The van der Waals surface area contributed by atoms with Crippen molar-refractivity contribution in [1.82, 2.24) is 10.2 Å². The number of hydrogen-bond acceptors (Lipinski definition) is 3. The van der Waals surface area contributed by atoms with E-state index in [0.717, 1.165) is 28.7 Å². The molecule has 0 heterocycles. The second-order valence-corrected chi connectivity index (χ2v) is 10.5. The second-order valence-electron chi connectivity index (χ2n) is 9.12. The maximum atomic E-state index is 13.7. The van der Waals surface area contributed by atoms with Gasteiger partial charge in [-0.2, -0.15) is 0 Å². The molecule has 3 aromatic rings. The minimum atomic E-state index is -0.615. The van der Waals surface area contributed by atoms with Gasteiger partial charge in [-0.1, -0.05) is 96.9 Å².